The van der Waals surface area contributed by atoms with Crippen LogP contribution in [0.15, 0.2) is 28.8 Å². The summed E-state index contributed by atoms with van der Waals surface area (Å²) in [5, 5.41) is 3.81. The molecule has 1 atom stereocenters. The Hall–Kier alpha value is -1.95. The molecule has 1 aromatic heterocycles. The van der Waals surface area contributed by atoms with E-state index in [2.05, 4.69) is 25.3 Å². The molecule has 3 heterocycles. The smallest absolute Gasteiger partial charge is 0.223 e. The summed E-state index contributed by atoms with van der Waals surface area (Å²) in [7, 11) is 0. The molecule has 0 spiro atoms. The molecule has 17 heavy (non-hydrogen) atoms. The number of rotatable bonds is 1. The van der Waals surface area contributed by atoms with Gasteiger partial charge in [0.1, 0.15) is 12.2 Å². The molecule has 2 aliphatic rings. The number of anilines is 1. The van der Waals surface area contributed by atoms with Crippen LogP contribution in [-0.2, 0) is 0 Å². The minimum atomic E-state index is 0.0781. The van der Waals surface area contributed by atoms with Crippen molar-refractivity contribution in [3.05, 3.63) is 29.6 Å². The number of nitrogens with two attached hydrogens (primary N) is 1. The number of aliphatic imine (C=N–C) groups is 1. The minimum absolute atomic E-state index is 0.0781. The SMILES string of the molecule is Nc1ncnc(C2=CNC3=NC=C(Cl)CC23)n1. The quantitative estimate of drug-likeness (QED) is 0.771. The van der Waals surface area contributed by atoms with Gasteiger partial charge in [0, 0.05) is 23.0 Å². The van der Waals surface area contributed by atoms with Crippen molar-refractivity contribution in [2.45, 2.75) is 6.42 Å². The second-order valence-corrected chi connectivity index (χ2v) is 4.24. The first kappa shape index (κ1) is 10.2. The van der Waals surface area contributed by atoms with Gasteiger partial charge in [-0.1, -0.05) is 11.6 Å². The van der Waals surface area contributed by atoms with E-state index >= 15 is 0 Å². The lowest BCUT2D eigenvalue weighted by atomic mass is 9.95. The molecule has 1 unspecified atom stereocenters. The van der Waals surface area contributed by atoms with Crippen LogP contribution in [0, 0.1) is 5.92 Å². The molecule has 7 heteroatoms. The van der Waals surface area contributed by atoms with Crippen LogP contribution in [-0.4, -0.2) is 20.8 Å². The third kappa shape index (κ3) is 1.76. The lowest BCUT2D eigenvalue weighted by Crippen LogP contribution is -2.22. The number of hydrogen-bond acceptors (Lipinski definition) is 6. The van der Waals surface area contributed by atoms with Gasteiger partial charge < -0.3 is 11.1 Å². The Morgan fingerprint density at radius 1 is 1.41 bits per heavy atom. The van der Waals surface area contributed by atoms with Crippen molar-refractivity contribution in [1.82, 2.24) is 20.3 Å². The average molecular weight is 249 g/mol. The van der Waals surface area contributed by atoms with Gasteiger partial charge >= 0.3 is 0 Å². The Labute approximate surface area is 102 Å². The first-order valence-corrected chi connectivity index (χ1v) is 5.45. The van der Waals surface area contributed by atoms with Crippen molar-refractivity contribution in [3.8, 4) is 0 Å². The first-order valence-electron chi connectivity index (χ1n) is 5.08. The van der Waals surface area contributed by atoms with Crippen molar-refractivity contribution in [1.29, 1.82) is 0 Å². The highest BCUT2D eigenvalue weighted by Gasteiger charge is 2.31. The Morgan fingerprint density at radius 2 is 2.29 bits per heavy atom. The van der Waals surface area contributed by atoms with E-state index in [1.165, 1.54) is 6.33 Å². The summed E-state index contributed by atoms with van der Waals surface area (Å²) in [6.07, 6.45) is 5.58. The molecular weight excluding hydrogens is 240 g/mol. The summed E-state index contributed by atoms with van der Waals surface area (Å²) in [6.45, 7) is 0. The normalized spacial score (nSPS) is 22.2. The van der Waals surface area contributed by atoms with Crippen LogP contribution in [0.4, 0.5) is 5.95 Å². The molecule has 3 N–H and O–H groups in total. The molecule has 2 aliphatic heterocycles. The van der Waals surface area contributed by atoms with Crippen LogP contribution in [0.2, 0.25) is 0 Å². The summed E-state index contributed by atoms with van der Waals surface area (Å²) in [6, 6.07) is 0. The average Bonchev–Trinajstić information content (AvgIpc) is 2.71. The first-order chi connectivity index (χ1) is 8.24. The maximum atomic E-state index is 5.99. The van der Waals surface area contributed by atoms with Crippen molar-refractivity contribution >= 4 is 29.0 Å². The molecule has 0 bridgehead atoms. The number of allylic oxidation sites excluding steroid dienone is 1. The highest BCUT2D eigenvalue weighted by molar-refractivity contribution is 6.30. The number of nitrogens with zero attached hydrogens (tertiary/aromatic N) is 4. The van der Waals surface area contributed by atoms with E-state index in [4.69, 9.17) is 17.3 Å². The molecule has 1 aromatic rings. The van der Waals surface area contributed by atoms with Crippen LogP contribution < -0.4 is 11.1 Å². The van der Waals surface area contributed by atoms with Gasteiger partial charge in [0.05, 0.1) is 5.92 Å². The van der Waals surface area contributed by atoms with Crippen LogP contribution in [0.1, 0.15) is 12.2 Å². The second kappa shape index (κ2) is 3.81. The number of aromatic nitrogens is 3. The third-order valence-electron chi connectivity index (χ3n) is 2.67. The fourth-order valence-electron chi connectivity index (χ4n) is 1.89. The lowest BCUT2D eigenvalue weighted by molar-refractivity contribution is 0.850. The largest absolute Gasteiger partial charge is 0.368 e. The molecular formula is C10H9ClN6. The van der Waals surface area contributed by atoms with Crippen LogP contribution in [0.3, 0.4) is 0 Å². The molecule has 0 fully saturated rings. The van der Waals surface area contributed by atoms with Crippen LogP contribution >= 0.6 is 11.6 Å². The van der Waals surface area contributed by atoms with Crippen molar-refractivity contribution in [3.63, 3.8) is 0 Å². The fraction of sp³-hybridized carbons (Fsp3) is 0.200. The monoisotopic (exact) mass is 248 g/mol. The van der Waals surface area contributed by atoms with E-state index in [9.17, 15) is 0 Å². The maximum Gasteiger partial charge on any atom is 0.223 e. The Morgan fingerprint density at radius 3 is 3.12 bits per heavy atom. The number of halogens is 1. The van der Waals surface area contributed by atoms with Gasteiger partial charge in [-0.05, 0) is 6.42 Å². The Kier molecular flexibility index (Phi) is 2.29. The van der Waals surface area contributed by atoms with Crippen LogP contribution in [0.25, 0.3) is 5.57 Å². The maximum absolute atomic E-state index is 5.99. The van der Waals surface area contributed by atoms with Gasteiger partial charge in [0.2, 0.25) is 5.95 Å². The van der Waals surface area contributed by atoms with Gasteiger partial charge in [-0.15, -0.1) is 0 Å². The van der Waals surface area contributed by atoms with E-state index in [1.54, 1.807) is 6.20 Å². The molecule has 0 saturated heterocycles. The number of fused-ring (bicyclic) bond motifs is 1. The molecule has 0 saturated carbocycles. The van der Waals surface area contributed by atoms with E-state index in [0.717, 1.165) is 16.4 Å². The standard InChI is InChI=1S/C10H9ClN6/c11-5-1-6-7(3-14-8(6)13-2-5)9-15-4-16-10(12)17-9/h2-4,6H,1H2,(H,13,14)(H2,12,15,16,17). The van der Waals surface area contributed by atoms with E-state index < -0.39 is 0 Å². The van der Waals surface area contributed by atoms with Gasteiger partial charge in [-0.2, -0.15) is 4.98 Å². The summed E-state index contributed by atoms with van der Waals surface area (Å²) >= 11 is 5.99. The van der Waals surface area contributed by atoms with Crippen molar-refractivity contribution < 1.29 is 0 Å². The molecule has 0 aliphatic carbocycles. The zero-order chi connectivity index (χ0) is 11.8. The number of amidine groups is 1. The summed E-state index contributed by atoms with van der Waals surface area (Å²) in [5.74, 6) is 1.71. The zero-order valence-corrected chi connectivity index (χ0v) is 9.52. The van der Waals surface area contributed by atoms with E-state index in [-0.39, 0.29) is 11.9 Å². The van der Waals surface area contributed by atoms with Crippen molar-refractivity contribution in [2.75, 3.05) is 5.73 Å². The van der Waals surface area contributed by atoms with Gasteiger partial charge in [-0.3, -0.25) is 0 Å². The zero-order valence-electron chi connectivity index (χ0n) is 8.76. The highest BCUT2D eigenvalue weighted by atomic mass is 35.5. The number of hydrogen-bond donors (Lipinski definition) is 2. The third-order valence-corrected chi connectivity index (χ3v) is 2.92. The molecule has 6 nitrogen and oxygen atoms in total. The summed E-state index contributed by atoms with van der Waals surface area (Å²) in [5.41, 5.74) is 6.48. The lowest BCUT2D eigenvalue weighted by Gasteiger charge is -2.16. The van der Waals surface area contributed by atoms with Crippen LogP contribution in [0.5, 0.6) is 0 Å². The molecule has 0 radical (unpaired) electrons. The minimum Gasteiger partial charge on any atom is -0.368 e. The highest BCUT2D eigenvalue weighted by Crippen LogP contribution is 2.34. The summed E-state index contributed by atoms with van der Waals surface area (Å²) < 4.78 is 0. The second-order valence-electron chi connectivity index (χ2n) is 3.76. The predicted octanol–water partition coefficient (Wildman–Crippen LogP) is 0.897. The topological polar surface area (TPSA) is 89.1 Å². The predicted molar refractivity (Wildman–Crippen MR) is 64.8 cm³/mol. The number of nitrogens with one attached hydrogen (secondary N) is 1. The van der Waals surface area contributed by atoms with Gasteiger partial charge in [0.25, 0.3) is 0 Å². The van der Waals surface area contributed by atoms with E-state index in [1.807, 2.05) is 6.20 Å². The summed E-state index contributed by atoms with van der Waals surface area (Å²) in [4.78, 5) is 16.2. The fourth-order valence-corrected chi connectivity index (χ4v) is 2.09. The molecule has 0 amide bonds. The molecule has 86 valence electrons. The van der Waals surface area contributed by atoms with E-state index in [0.29, 0.717) is 12.2 Å². The molecule has 3 rings (SSSR count). The molecule has 0 aromatic carbocycles. The Bertz CT molecular complexity index is 562. The Balaban J connectivity index is 1.97. The van der Waals surface area contributed by atoms with Crippen molar-refractivity contribution in [2.24, 2.45) is 10.9 Å². The van der Waals surface area contributed by atoms with Gasteiger partial charge in [-0.25, -0.2) is 15.0 Å². The number of nitrogen functional groups attached to an aromatic ring is 1. The van der Waals surface area contributed by atoms with Gasteiger partial charge in [0.15, 0.2) is 5.82 Å².